The van der Waals surface area contributed by atoms with E-state index in [2.05, 4.69) is 0 Å². The third kappa shape index (κ3) is 10.9. The summed E-state index contributed by atoms with van der Waals surface area (Å²) in [6.07, 6.45) is 3.26. The fourth-order valence-corrected chi connectivity index (χ4v) is 3.44. The van der Waals surface area contributed by atoms with Crippen molar-refractivity contribution in [3.63, 3.8) is 0 Å². The predicted octanol–water partition coefficient (Wildman–Crippen LogP) is 5.70. The molecule has 2 N–H and O–H groups in total. The molecular formula is C20H35F4NO2. The number of alkyl halides is 4. The predicted molar refractivity (Wildman–Crippen MR) is 97.9 cm³/mol. The van der Waals surface area contributed by atoms with Crippen molar-refractivity contribution in [3.8, 4) is 0 Å². The molecule has 0 amide bonds. The van der Waals surface area contributed by atoms with Gasteiger partial charge in [-0.3, -0.25) is 4.79 Å². The number of nitrogens with two attached hydrogens (primary N) is 1. The smallest absolute Gasteiger partial charge is 0.306 e. The lowest BCUT2D eigenvalue weighted by atomic mass is 9.84. The van der Waals surface area contributed by atoms with Gasteiger partial charge in [-0.2, -0.15) is 0 Å². The molecule has 0 heterocycles. The molecule has 0 aromatic rings. The second kappa shape index (κ2) is 10.1. The molecule has 0 aromatic carbocycles. The SMILES string of the molecule is CC(C)(C)OC(=O)CCC1CCC(F)(F)CC1.NCC1CCC(F)(F)CC1. The van der Waals surface area contributed by atoms with Crippen molar-refractivity contribution in [2.75, 3.05) is 6.54 Å². The minimum Gasteiger partial charge on any atom is -0.460 e. The van der Waals surface area contributed by atoms with Crippen LogP contribution in [-0.4, -0.2) is 30.0 Å². The number of carbonyl (C=O) groups is 1. The summed E-state index contributed by atoms with van der Waals surface area (Å²) in [7, 11) is 0. The van der Waals surface area contributed by atoms with Crippen molar-refractivity contribution < 1.29 is 27.1 Å². The topological polar surface area (TPSA) is 52.3 Å². The molecule has 7 heteroatoms. The highest BCUT2D eigenvalue weighted by atomic mass is 19.3. The summed E-state index contributed by atoms with van der Waals surface area (Å²) in [5, 5.41) is 0. The number of hydrogen-bond donors (Lipinski definition) is 1. The Morgan fingerprint density at radius 2 is 1.33 bits per heavy atom. The van der Waals surface area contributed by atoms with Gasteiger partial charge in [0.2, 0.25) is 11.8 Å². The molecular weight excluding hydrogens is 362 g/mol. The van der Waals surface area contributed by atoms with Crippen LogP contribution in [0, 0.1) is 11.8 Å². The largest absolute Gasteiger partial charge is 0.460 e. The Balaban J connectivity index is 0.000000309. The highest BCUT2D eigenvalue weighted by molar-refractivity contribution is 5.69. The van der Waals surface area contributed by atoms with Crippen LogP contribution in [0.4, 0.5) is 17.6 Å². The van der Waals surface area contributed by atoms with Crippen LogP contribution in [0.5, 0.6) is 0 Å². The second-order valence-corrected chi connectivity index (χ2v) is 8.96. The number of ether oxygens (including phenoxy) is 1. The molecule has 0 unspecified atom stereocenters. The van der Waals surface area contributed by atoms with E-state index in [9.17, 15) is 22.4 Å². The van der Waals surface area contributed by atoms with Crippen LogP contribution in [0.1, 0.15) is 85.0 Å². The summed E-state index contributed by atoms with van der Waals surface area (Å²) in [4.78, 5) is 11.5. The van der Waals surface area contributed by atoms with E-state index in [-0.39, 0.29) is 37.6 Å². The van der Waals surface area contributed by atoms with Crippen LogP contribution in [0.2, 0.25) is 0 Å². The molecule has 2 aliphatic carbocycles. The zero-order chi connectivity index (χ0) is 20.7. The summed E-state index contributed by atoms with van der Waals surface area (Å²) in [5.74, 6) is -4.51. The molecule has 0 aromatic heterocycles. The average Bonchev–Trinajstić information content (AvgIpc) is 2.53. The molecule has 0 radical (unpaired) electrons. The summed E-state index contributed by atoms with van der Waals surface area (Å²) in [6.45, 7) is 6.04. The van der Waals surface area contributed by atoms with Gasteiger partial charge in [0, 0.05) is 32.1 Å². The van der Waals surface area contributed by atoms with Crippen LogP contribution < -0.4 is 5.73 Å². The normalized spacial score (nSPS) is 23.3. The molecule has 0 spiro atoms. The zero-order valence-corrected chi connectivity index (χ0v) is 16.8. The first-order valence-corrected chi connectivity index (χ1v) is 9.99. The highest BCUT2D eigenvalue weighted by Gasteiger charge is 2.35. The lowest BCUT2D eigenvalue weighted by Gasteiger charge is -2.28. The Kier molecular flexibility index (Phi) is 9.03. The third-order valence-electron chi connectivity index (χ3n) is 5.18. The van der Waals surface area contributed by atoms with Gasteiger partial charge in [0.1, 0.15) is 5.60 Å². The van der Waals surface area contributed by atoms with Gasteiger partial charge < -0.3 is 10.5 Å². The molecule has 0 saturated heterocycles. The quantitative estimate of drug-likeness (QED) is 0.489. The molecule has 27 heavy (non-hydrogen) atoms. The fourth-order valence-electron chi connectivity index (χ4n) is 3.44. The minimum absolute atomic E-state index is 0.0357. The van der Waals surface area contributed by atoms with Crippen molar-refractivity contribution in [2.45, 2.75) is 102 Å². The molecule has 0 atom stereocenters. The van der Waals surface area contributed by atoms with Gasteiger partial charge in [-0.05, 0) is 71.3 Å². The van der Waals surface area contributed by atoms with Crippen molar-refractivity contribution >= 4 is 5.97 Å². The molecule has 2 aliphatic rings. The number of carbonyl (C=O) groups excluding carboxylic acids is 1. The summed E-state index contributed by atoms with van der Waals surface area (Å²) < 4.78 is 55.9. The summed E-state index contributed by atoms with van der Waals surface area (Å²) in [6, 6.07) is 0. The fraction of sp³-hybridized carbons (Fsp3) is 0.950. The van der Waals surface area contributed by atoms with Gasteiger partial charge >= 0.3 is 5.97 Å². The molecule has 2 fully saturated rings. The van der Waals surface area contributed by atoms with E-state index in [1.807, 2.05) is 20.8 Å². The van der Waals surface area contributed by atoms with E-state index in [1.165, 1.54) is 0 Å². The number of halogens is 4. The summed E-state index contributed by atoms with van der Waals surface area (Å²) >= 11 is 0. The van der Waals surface area contributed by atoms with E-state index >= 15 is 0 Å². The second-order valence-electron chi connectivity index (χ2n) is 8.96. The molecule has 2 saturated carbocycles. The van der Waals surface area contributed by atoms with Crippen LogP contribution in [-0.2, 0) is 9.53 Å². The average molecular weight is 397 g/mol. The van der Waals surface area contributed by atoms with E-state index in [0.717, 1.165) is 0 Å². The van der Waals surface area contributed by atoms with Crippen LogP contribution in [0.25, 0.3) is 0 Å². The highest BCUT2D eigenvalue weighted by Crippen LogP contribution is 2.38. The van der Waals surface area contributed by atoms with Gasteiger partial charge in [0.05, 0.1) is 0 Å². The number of esters is 1. The standard InChI is InChI=1S/C13H22F2O2.C7H13F2N/c1-12(2,3)17-11(16)5-4-10-6-8-13(14,15)9-7-10;8-7(9)3-1-6(5-10)2-4-7/h10H,4-9H2,1-3H3;6H,1-5,10H2. The van der Waals surface area contributed by atoms with Crippen molar-refractivity contribution in [2.24, 2.45) is 17.6 Å². The number of hydrogen-bond acceptors (Lipinski definition) is 3. The minimum atomic E-state index is -2.48. The molecule has 160 valence electrons. The van der Waals surface area contributed by atoms with Crippen molar-refractivity contribution in [1.82, 2.24) is 0 Å². The third-order valence-corrected chi connectivity index (χ3v) is 5.18. The Morgan fingerprint density at radius 1 is 0.926 bits per heavy atom. The van der Waals surface area contributed by atoms with E-state index in [0.29, 0.717) is 51.0 Å². The Labute approximate surface area is 160 Å². The van der Waals surface area contributed by atoms with E-state index < -0.39 is 17.4 Å². The molecule has 0 aliphatic heterocycles. The Morgan fingerprint density at radius 3 is 1.70 bits per heavy atom. The van der Waals surface area contributed by atoms with Gasteiger partial charge in [0.25, 0.3) is 0 Å². The first-order valence-electron chi connectivity index (χ1n) is 9.99. The maximum Gasteiger partial charge on any atom is 0.306 e. The van der Waals surface area contributed by atoms with Crippen LogP contribution in [0.3, 0.4) is 0 Å². The van der Waals surface area contributed by atoms with Gasteiger partial charge in [-0.15, -0.1) is 0 Å². The molecule has 0 bridgehead atoms. The number of rotatable bonds is 4. The lowest BCUT2D eigenvalue weighted by Crippen LogP contribution is -2.28. The lowest BCUT2D eigenvalue weighted by molar-refractivity contribution is -0.155. The monoisotopic (exact) mass is 397 g/mol. The van der Waals surface area contributed by atoms with E-state index in [4.69, 9.17) is 10.5 Å². The maximum absolute atomic E-state index is 12.9. The van der Waals surface area contributed by atoms with Gasteiger partial charge in [0.15, 0.2) is 0 Å². The van der Waals surface area contributed by atoms with Gasteiger partial charge in [-0.1, -0.05) is 0 Å². The first-order chi connectivity index (χ1) is 12.3. The Hall–Kier alpha value is -0.850. The zero-order valence-electron chi connectivity index (χ0n) is 16.8. The maximum atomic E-state index is 12.9. The van der Waals surface area contributed by atoms with Crippen molar-refractivity contribution in [1.29, 1.82) is 0 Å². The first kappa shape index (κ1) is 24.2. The van der Waals surface area contributed by atoms with Crippen molar-refractivity contribution in [3.05, 3.63) is 0 Å². The molecule has 2 rings (SSSR count). The Bertz CT molecular complexity index is 443. The van der Waals surface area contributed by atoms with Crippen LogP contribution in [0.15, 0.2) is 0 Å². The van der Waals surface area contributed by atoms with Crippen LogP contribution >= 0.6 is 0 Å². The van der Waals surface area contributed by atoms with Gasteiger partial charge in [-0.25, -0.2) is 17.6 Å². The molecule has 3 nitrogen and oxygen atoms in total. The van der Waals surface area contributed by atoms with E-state index in [1.54, 1.807) is 0 Å². The summed E-state index contributed by atoms with van der Waals surface area (Å²) in [5.41, 5.74) is 4.89.